The lowest BCUT2D eigenvalue weighted by molar-refractivity contribution is -0.660. The summed E-state index contributed by atoms with van der Waals surface area (Å²) < 4.78 is 2.18. The second-order valence-electron chi connectivity index (χ2n) is 4.41. The lowest BCUT2D eigenvalue weighted by atomic mass is 9.99. The van der Waals surface area contributed by atoms with Crippen LogP contribution in [-0.2, 0) is 7.05 Å². The topological polar surface area (TPSA) is 3.88 Å². The van der Waals surface area contributed by atoms with Crippen LogP contribution in [0.1, 0.15) is 16.7 Å². The first-order valence-electron chi connectivity index (χ1n) is 5.78. The SMILES string of the molecule is Cc1ccccc1-c1c2c(cc[n+]1C)C=C=C2. The van der Waals surface area contributed by atoms with Gasteiger partial charge in [0.25, 0.3) is 0 Å². The zero-order valence-corrected chi connectivity index (χ0v) is 10.1. The van der Waals surface area contributed by atoms with Crippen LogP contribution >= 0.6 is 0 Å². The summed E-state index contributed by atoms with van der Waals surface area (Å²) in [6, 6.07) is 10.6. The number of nitrogens with zero attached hydrogens (tertiary/aromatic N) is 1. The maximum Gasteiger partial charge on any atom is 0.221 e. The smallest absolute Gasteiger partial charge is 0.200 e. The van der Waals surface area contributed by atoms with Crippen molar-refractivity contribution in [3.05, 3.63) is 59.0 Å². The van der Waals surface area contributed by atoms with Crippen LogP contribution in [0.5, 0.6) is 0 Å². The van der Waals surface area contributed by atoms with Crippen molar-refractivity contribution in [3.63, 3.8) is 0 Å². The molecule has 0 unspecified atom stereocenters. The van der Waals surface area contributed by atoms with Gasteiger partial charge in [-0.3, -0.25) is 0 Å². The molecule has 1 heteroatoms. The van der Waals surface area contributed by atoms with Crippen molar-refractivity contribution in [1.82, 2.24) is 0 Å². The zero-order valence-electron chi connectivity index (χ0n) is 10.1. The van der Waals surface area contributed by atoms with Gasteiger partial charge in [0, 0.05) is 17.2 Å². The highest BCUT2D eigenvalue weighted by Crippen LogP contribution is 2.28. The molecule has 0 bridgehead atoms. The second-order valence-corrected chi connectivity index (χ2v) is 4.41. The molecule has 1 aromatic carbocycles. The number of rotatable bonds is 1. The maximum absolute atomic E-state index is 3.18. The molecule has 0 spiro atoms. The highest BCUT2D eigenvalue weighted by molar-refractivity contribution is 5.82. The molecule has 0 N–H and O–H groups in total. The maximum atomic E-state index is 3.18. The van der Waals surface area contributed by atoms with E-state index in [9.17, 15) is 0 Å². The standard InChI is InChI=1S/C16H14N/c1-12-6-3-4-8-14(12)16-15-9-5-7-13(15)10-11-17(16)2/h3-4,6-11H,1-2H3/q+1. The fourth-order valence-corrected chi connectivity index (χ4v) is 2.35. The van der Waals surface area contributed by atoms with Crippen molar-refractivity contribution in [2.45, 2.75) is 6.92 Å². The Morgan fingerprint density at radius 1 is 1.06 bits per heavy atom. The molecule has 1 heterocycles. The van der Waals surface area contributed by atoms with Gasteiger partial charge < -0.3 is 0 Å². The van der Waals surface area contributed by atoms with Gasteiger partial charge in [0.15, 0.2) is 6.20 Å². The molecule has 1 aromatic heterocycles. The van der Waals surface area contributed by atoms with Crippen LogP contribution in [0.25, 0.3) is 23.4 Å². The Kier molecular flexibility index (Phi) is 2.21. The number of benzene rings is 1. The van der Waals surface area contributed by atoms with Crippen LogP contribution in [0, 0.1) is 6.92 Å². The minimum atomic E-state index is 1.25. The average Bonchev–Trinajstić information content (AvgIpc) is 2.79. The van der Waals surface area contributed by atoms with Crippen LogP contribution in [0.4, 0.5) is 0 Å². The van der Waals surface area contributed by atoms with Gasteiger partial charge in [-0.05, 0) is 30.7 Å². The lowest BCUT2D eigenvalue weighted by Crippen LogP contribution is -2.31. The fourth-order valence-electron chi connectivity index (χ4n) is 2.35. The predicted molar refractivity (Wildman–Crippen MR) is 70.2 cm³/mol. The molecule has 1 nitrogen and oxygen atoms in total. The minimum absolute atomic E-state index is 1.25. The lowest BCUT2D eigenvalue weighted by Gasteiger charge is -2.07. The Hall–Kier alpha value is -2.11. The summed E-state index contributed by atoms with van der Waals surface area (Å²) >= 11 is 0. The normalized spacial score (nSPS) is 11.9. The number of aromatic nitrogens is 1. The monoisotopic (exact) mass is 220 g/mol. The van der Waals surface area contributed by atoms with Gasteiger partial charge >= 0.3 is 0 Å². The summed E-state index contributed by atoms with van der Waals surface area (Å²) in [6.45, 7) is 2.15. The highest BCUT2D eigenvalue weighted by Gasteiger charge is 2.20. The fraction of sp³-hybridized carbons (Fsp3) is 0.125. The number of fused-ring (bicyclic) bond motifs is 1. The molecule has 17 heavy (non-hydrogen) atoms. The van der Waals surface area contributed by atoms with Crippen molar-refractivity contribution < 1.29 is 4.57 Å². The molecule has 82 valence electrons. The van der Waals surface area contributed by atoms with E-state index in [0.717, 1.165) is 0 Å². The summed E-state index contributed by atoms with van der Waals surface area (Å²) in [4.78, 5) is 0. The van der Waals surface area contributed by atoms with Crippen molar-refractivity contribution in [2.24, 2.45) is 7.05 Å². The van der Waals surface area contributed by atoms with E-state index in [2.05, 4.69) is 66.9 Å². The van der Waals surface area contributed by atoms with Crippen LogP contribution in [-0.4, -0.2) is 0 Å². The average molecular weight is 220 g/mol. The first kappa shape index (κ1) is 10.1. The molecule has 2 aromatic rings. The molecule has 1 aliphatic rings. The molecule has 1 aliphatic carbocycles. The van der Waals surface area contributed by atoms with Gasteiger partial charge in [0.1, 0.15) is 7.05 Å². The molecule has 0 radical (unpaired) electrons. The molecule has 0 saturated carbocycles. The zero-order chi connectivity index (χ0) is 11.8. The van der Waals surface area contributed by atoms with Gasteiger partial charge in [-0.15, -0.1) is 5.73 Å². The molecule has 0 saturated heterocycles. The second kappa shape index (κ2) is 3.73. The highest BCUT2D eigenvalue weighted by atomic mass is 14.9. The van der Waals surface area contributed by atoms with E-state index in [0.29, 0.717) is 0 Å². The van der Waals surface area contributed by atoms with Crippen LogP contribution in [0.2, 0.25) is 0 Å². The Labute approximate surface area is 101 Å². The van der Waals surface area contributed by atoms with Crippen molar-refractivity contribution in [3.8, 4) is 11.3 Å². The third-order valence-corrected chi connectivity index (χ3v) is 3.26. The van der Waals surface area contributed by atoms with Crippen LogP contribution in [0.15, 0.2) is 42.3 Å². The van der Waals surface area contributed by atoms with E-state index in [1.165, 1.54) is 27.9 Å². The van der Waals surface area contributed by atoms with E-state index in [-0.39, 0.29) is 0 Å². The first-order valence-corrected chi connectivity index (χ1v) is 5.78. The number of pyridine rings is 1. The molecule has 3 rings (SSSR count). The van der Waals surface area contributed by atoms with Crippen molar-refractivity contribution in [1.29, 1.82) is 0 Å². The molecular weight excluding hydrogens is 206 g/mol. The van der Waals surface area contributed by atoms with E-state index >= 15 is 0 Å². The van der Waals surface area contributed by atoms with E-state index < -0.39 is 0 Å². The van der Waals surface area contributed by atoms with Gasteiger partial charge in [0.05, 0.1) is 5.56 Å². The number of hydrogen-bond acceptors (Lipinski definition) is 0. The summed E-state index contributed by atoms with van der Waals surface area (Å²) in [5.41, 5.74) is 9.56. The van der Waals surface area contributed by atoms with Crippen LogP contribution in [0.3, 0.4) is 0 Å². The molecule has 0 atom stereocenters. The molecular formula is C16H14N+. The summed E-state index contributed by atoms with van der Waals surface area (Å²) in [5, 5.41) is 0. The van der Waals surface area contributed by atoms with E-state index in [1.54, 1.807) is 0 Å². The minimum Gasteiger partial charge on any atom is -0.200 e. The molecule has 0 aliphatic heterocycles. The summed E-state index contributed by atoms with van der Waals surface area (Å²) in [5.74, 6) is 0. The molecule has 0 fully saturated rings. The number of aryl methyl sites for hydroxylation is 2. The first-order chi connectivity index (χ1) is 8.27. The van der Waals surface area contributed by atoms with E-state index in [4.69, 9.17) is 0 Å². The van der Waals surface area contributed by atoms with Crippen molar-refractivity contribution >= 4 is 12.2 Å². The van der Waals surface area contributed by atoms with Gasteiger partial charge in [-0.2, -0.15) is 0 Å². The predicted octanol–water partition coefficient (Wildman–Crippen LogP) is 3.13. The van der Waals surface area contributed by atoms with Gasteiger partial charge in [0.2, 0.25) is 5.69 Å². The Bertz CT molecular complexity index is 659. The van der Waals surface area contributed by atoms with Gasteiger partial charge in [-0.1, -0.05) is 18.2 Å². The Morgan fingerprint density at radius 3 is 2.71 bits per heavy atom. The largest absolute Gasteiger partial charge is 0.221 e. The quantitative estimate of drug-likeness (QED) is 0.438. The third-order valence-electron chi connectivity index (χ3n) is 3.26. The summed E-state index contributed by atoms with van der Waals surface area (Å²) in [6.07, 6.45) is 6.21. The Balaban J connectivity index is 2.33. The van der Waals surface area contributed by atoms with E-state index in [1.807, 2.05) is 6.08 Å². The van der Waals surface area contributed by atoms with Crippen LogP contribution < -0.4 is 4.57 Å². The summed E-state index contributed by atoms with van der Waals surface area (Å²) in [7, 11) is 2.09. The molecule has 0 amide bonds. The van der Waals surface area contributed by atoms with Crippen molar-refractivity contribution in [2.75, 3.05) is 0 Å². The Morgan fingerprint density at radius 2 is 1.88 bits per heavy atom. The van der Waals surface area contributed by atoms with Gasteiger partial charge in [-0.25, -0.2) is 4.57 Å². The number of hydrogen-bond donors (Lipinski definition) is 0. The third kappa shape index (κ3) is 1.52.